The number of nitrogens with zero attached hydrogens (tertiary/aromatic N) is 3. The lowest BCUT2D eigenvalue weighted by Crippen LogP contribution is -2.46. The Hall–Kier alpha value is -3.31. The highest BCUT2D eigenvalue weighted by Crippen LogP contribution is 2.36. The molecule has 0 aliphatic carbocycles. The minimum atomic E-state index is -0.723. The monoisotopic (exact) mass is 352 g/mol. The molecular formula is C17H12N4O3S. The van der Waals surface area contributed by atoms with Gasteiger partial charge in [-0.1, -0.05) is 30.3 Å². The van der Waals surface area contributed by atoms with Crippen molar-refractivity contribution >= 4 is 29.9 Å². The van der Waals surface area contributed by atoms with Crippen molar-refractivity contribution in [2.45, 2.75) is 6.17 Å². The standard InChI is InChI=1S/C17H12N4O3S/c18-10-14-16(22)19-15(11-5-4-8-13(9-11)21(23)24)20(17(14)25)12-6-2-1-3-7-12/h1-9,15,25H,(H,19,22)/t15-/m1/s1. The number of non-ortho nitro benzene ring substituents is 1. The van der Waals surface area contributed by atoms with E-state index in [9.17, 15) is 20.2 Å². The lowest BCUT2D eigenvalue weighted by atomic mass is 10.1. The molecule has 124 valence electrons. The van der Waals surface area contributed by atoms with Crippen molar-refractivity contribution in [3.05, 3.63) is 80.9 Å². The van der Waals surface area contributed by atoms with Crippen LogP contribution in [0.5, 0.6) is 0 Å². The van der Waals surface area contributed by atoms with Crippen LogP contribution in [0.25, 0.3) is 0 Å². The number of nitriles is 1. The summed E-state index contributed by atoms with van der Waals surface area (Å²) < 4.78 is 0. The zero-order chi connectivity index (χ0) is 18.0. The second-order valence-electron chi connectivity index (χ2n) is 5.24. The number of rotatable bonds is 3. The van der Waals surface area contributed by atoms with Crippen molar-refractivity contribution in [2.24, 2.45) is 0 Å². The molecule has 3 rings (SSSR count). The summed E-state index contributed by atoms with van der Waals surface area (Å²) in [6, 6.07) is 16.9. The first kappa shape index (κ1) is 16.5. The Balaban J connectivity index is 2.16. The first-order chi connectivity index (χ1) is 12.0. The first-order valence-corrected chi connectivity index (χ1v) is 7.70. The summed E-state index contributed by atoms with van der Waals surface area (Å²) in [6.07, 6.45) is -0.723. The minimum absolute atomic E-state index is 0.0875. The molecule has 0 spiro atoms. The fraction of sp³-hybridized carbons (Fsp3) is 0.0588. The number of thiol groups is 1. The zero-order valence-electron chi connectivity index (χ0n) is 12.8. The maximum Gasteiger partial charge on any atom is 0.269 e. The third kappa shape index (κ3) is 3.05. The van der Waals surface area contributed by atoms with E-state index in [0.717, 1.165) is 0 Å². The number of hydrogen-bond acceptors (Lipinski definition) is 6. The topological polar surface area (TPSA) is 99.3 Å². The van der Waals surface area contributed by atoms with E-state index in [0.29, 0.717) is 11.3 Å². The van der Waals surface area contributed by atoms with E-state index in [1.165, 1.54) is 12.1 Å². The average molecular weight is 352 g/mol. The van der Waals surface area contributed by atoms with Gasteiger partial charge in [-0.15, -0.1) is 12.6 Å². The molecule has 0 radical (unpaired) electrons. The summed E-state index contributed by atoms with van der Waals surface area (Å²) >= 11 is 4.37. The van der Waals surface area contributed by atoms with Crippen LogP contribution in [0.2, 0.25) is 0 Å². The third-order valence-electron chi connectivity index (χ3n) is 3.75. The Morgan fingerprint density at radius 1 is 1.20 bits per heavy atom. The first-order valence-electron chi connectivity index (χ1n) is 7.25. The van der Waals surface area contributed by atoms with Crippen LogP contribution in [0.3, 0.4) is 0 Å². The van der Waals surface area contributed by atoms with Crippen LogP contribution in [-0.4, -0.2) is 10.8 Å². The van der Waals surface area contributed by atoms with E-state index in [1.54, 1.807) is 29.2 Å². The molecule has 0 bridgehead atoms. The van der Waals surface area contributed by atoms with Gasteiger partial charge < -0.3 is 10.2 Å². The van der Waals surface area contributed by atoms with E-state index >= 15 is 0 Å². The van der Waals surface area contributed by atoms with Crippen molar-refractivity contribution in [3.63, 3.8) is 0 Å². The van der Waals surface area contributed by atoms with Crippen molar-refractivity contribution in [3.8, 4) is 6.07 Å². The van der Waals surface area contributed by atoms with E-state index in [2.05, 4.69) is 17.9 Å². The molecule has 1 heterocycles. The molecule has 0 saturated heterocycles. The highest BCUT2D eigenvalue weighted by molar-refractivity contribution is 7.84. The van der Waals surface area contributed by atoms with Crippen LogP contribution in [0, 0.1) is 21.4 Å². The smallest absolute Gasteiger partial charge is 0.269 e. The molecule has 0 unspecified atom stereocenters. The lowest BCUT2D eigenvalue weighted by molar-refractivity contribution is -0.384. The van der Waals surface area contributed by atoms with Gasteiger partial charge in [0.2, 0.25) is 0 Å². The number of nitrogens with one attached hydrogen (secondary N) is 1. The molecule has 0 saturated carbocycles. The fourth-order valence-corrected chi connectivity index (χ4v) is 2.99. The number of amides is 1. The van der Waals surface area contributed by atoms with Gasteiger partial charge in [0.15, 0.2) is 0 Å². The maximum atomic E-state index is 12.2. The summed E-state index contributed by atoms with van der Waals surface area (Å²) in [5.74, 6) is -0.573. The number of hydrogen-bond donors (Lipinski definition) is 2. The lowest BCUT2D eigenvalue weighted by Gasteiger charge is -2.37. The van der Waals surface area contributed by atoms with Gasteiger partial charge in [-0.25, -0.2) is 0 Å². The largest absolute Gasteiger partial charge is 0.327 e. The molecular weight excluding hydrogens is 340 g/mol. The molecule has 2 aromatic rings. The summed E-state index contributed by atoms with van der Waals surface area (Å²) in [6.45, 7) is 0. The SMILES string of the molecule is N#CC1=C(S)N(c2ccccc2)[C@H](c2cccc([N+](=O)[O-])c2)NC1=O. The average Bonchev–Trinajstić information content (AvgIpc) is 2.62. The highest BCUT2D eigenvalue weighted by Gasteiger charge is 2.34. The van der Waals surface area contributed by atoms with Crippen LogP contribution in [-0.2, 0) is 4.79 Å². The van der Waals surface area contributed by atoms with Gasteiger partial charge in [0.25, 0.3) is 11.6 Å². The van der Waals surface area contributed by atoms with E-state index in [1.807, 2.05) is 24.3 Å². The number of carbonyl (C=O) groups excluding carboxylic acids is 1. The van der Waals surface area contributed by atoms with Crippen molar-refractivity contribution in [2.75, 3.05) is 4.90 Å². The van der Waals surface area contributed by atoms with Crippen LogP contribution < -0.4 is 10.2 Å². The normalized spacial score (nSPS) is 17.0. The number of para-hydroxylation sites is 1. The molecule has 1 amide bonds. The van der Waals surface area contributed by atoms with Crippen molar-refractivity contribution < 1.29 is 9.72 Å². The number of nitro benzene ring substituents is 1. The highest BCUT2D eigenvalue weighted by atomic mass is 32.1. The van der Waals surface area contributed by atoms with Crippen molar-refractivity contribution in [1.29, 1.82) is 5.26 Å². The summed E-state index contributed by atoms with van der Waals surface area (Å²) in [7, 11) is 0. The minimum Gasteiger partial charge on any atom is -0.327 e. The van der Waals surface area contributed by atoms with E-state index in [4.69, 9.17) is 0 Å². The second kappa shape index (κ2) is 6.67. The Kier molecular flexibility index (Phi) is 4.41. The van der Waals surface area contributed by atoms with Crippen LogP contribution in [0.1, 0.15) is 11.7 Å². The predicted molar refractivity (Wildman–Crippen MR) is 94.5 cm³/mol. The molecule has 1 N–H and O–H groups in total. The Morgan fingerprint density at radius 2 is 1.92 bits per heavy atom. The van der Waals surface area contributed by atoms with Gasteiger partial charge >= 0.3 is 0 Å². The Labute approximate surface area is 148 Å². The molecule has 8 heteroatoms. The predicted octanol–water partition coefficient (Wildman–Crippen LogP) is 2.89. The van der Waals surface area contributed by atoms with Crippen molar-refractivity contribution in [1.82, 2.24) is 5.32 Å². The fourth-order valence-electron chi connectivity index (χ4n) is 2.61. The Morgan fingerprint density at radius 3 is 2.56 bits per heavy atom. The molecule has 1 atom stereocenters. The van der Waals surface area contributed by atoms with Gasteiger partial charge in [0.1, 0.15) is 17.8 Å². The maximum absolute atomic E-state index is 12.2. The molecule has 25 heavy (non-hydrogen) atoms. The van der Waals surface area contributed by atoms with Gasteiger partial charge in [-0.05, 0) is 12.1 Å². The molecule has 1 aliphatic rings. The third-order valence-corrected chi connectivity index (χ3v) is 4.19. The summed E-state index contributed by atoms with van der Waals surface area (Å²) in [5.41, 5.74) is 0.996. The summed E-state index contributed by atoms with van der Waals surface area (Å²) in [4.78, 5) is 24.4. The van der Waals surface area contributed by atoms with Gasteiger partial charge in [0, 0.05) is 23.4 Å². The molecule has 1 aliphatic heterocycles. The van der Waals surface area contributed by atoms with Crippen LogP contribution >= 0.6 is 12.6 Å². The number of benzene rings is 2. The van der Waals surface area contributed by atoms with Crippen LogP contribution in [0.4, 0.5) is 11.4 Å². The second-order valence-corrected chi connectivity index (χ2v) is 5.67. The number of nitro groups is 1. The van der Waals surface area contributed by atoms with Gasteiger partial charge in [-0.3, -0.25) is 14.9 Å². The van der Waals surface area contributed by atoms with Gasteiger partial charge in [-0.2, -0.15) is 5.26 Å². The van der Waals surface area contributed by atoms with Gasteiger partial charge in [0.05, 0.1) is 9.95 Å². The number of anilines is 1. The summed E-state index contributed by atoms with van der Waals surface area (Å²) in [5, 5.41) is 23.2. The van der Waals surface area contributed by atoms with E-state index in [-0.39, 0.29) is 16.3 Å². The number of carbonyl (C=O) groups is 1. The Bertz CT molecular complexity index is 921. The quantitative estimate of drug-likeness (QED) is 0.503. The molecule has 7 nitrogen and oxygen atoms in total. The van der Waals surface area contributed by atoms with Crippen LogP contribution in [0.15, 0.2) is 65.2 Å². The molecule has 0 aromatic heterocycles. The molecule has 0 fully saturated rings. The zero-order valence-corrected chi connectivity index (χ0v) is 13.7. The van der Waals surface area contributed by atoms with E-state index < -0.39 is 17.0 Å². The molecule has 2 aromatic carbocycles.